The number of hydrogen-bond acceptors (Lipinski definition) is 5. The van der Waals surface area contributed by atoms with E-state index in [2.05, 4.69) is 45.3 Å². The molecule has 1 aliphatic rings. The molecular formula is C24H25FN4OS. The number of aryl methyl sites for hydroxylation is 1. The summed E-state index contributed by atoms with van der Waals surface area (Å²) < 4.78 is 15.1. The molecule has 0 bridgehead atoms. The Kier molecular flexibility index (Phi) is 5.46. The summed E-state index contributed by atoms with van der Waals surface area (Å²) in [6.07, 6.45) is 3.28. The standard InChI is InChI=1S/C24H25FN4OS/c1-16-26-24-29(27-16)23(30)22(31-24)21(19-7-9-20(25)10-8-19)28-13-11-18(12-14-28)15-17-5-3-2-4-6-17/h2-10,18,21,30H,11-15H2,1H3/t21-/m0/s1. The SMILES string of the molecule is Cc1nc2sc([C@H](c3ccc(F)cc3)N3CCC(Cc4ccccc4)CC3)c(O)n2n1. The molecule has 2 aromatic heterocycles. The zero-order valence-corrected chi connectivity index (χ0v) is 18.2. The lowest BCUT2D eigenvalue weighted by Gasteiger charge is -2.37. The fourth-order valence-corrected chi connectivity index (χ4v) is 5.72. The first-order valence-electron chi connectivity index (χ1n) is 10.7. The third kappa shape index (κ3) is 4.07. The highest BCUT2D eigenvalue weighted by molar-refractivity contribution is 7.17. The number of piperidine rings is 1. The van der Waals surface area contributed by atoms with Crippen LogP contribution in [0.2, 0.25) is 0 Å². The second-order valence-corrected chi connectivity index (χ2v) is 9.28. The number of likely N-dealkylation sites (tertiary alicyclic amines) is 1. The van der Waals surface area contributed by atoms with Crippen LogP contribution in [-0.4, -0.2) is 37.7 Å². The van der Waals surface area contributed by atoms with Gasteiger partial charge in [-0.25, -0.2) is 9.37 Å². The van der Waals surface area contributed by atoms with Crippen LogP contribution in [0.3, 0.4) is 0 Å². The maximum atomic E-state index is 13.6. The predicted molar refractivity (Wildman–Crippen MR) is 120 cm³/mol. The molecule has 31 heavy (non-hydrogen) atoms. The summed E-state index contributed by atoms with van der Waals surface area (Å²) in [4.78, 5) is 8.30. The number of benzene rings is 2. The lowest BCUT2D eigenvalue weighted by Crippen LogP contribution is -2.37. The van der Waals surface area contributed by atoms with Gasteiger partial charge in [0.15, 0.2) is 0 Å². The fraction of sp³-hybridized carbons (Fsp3) is 0.333. The van der Waals surface area contributed by atoms with E-state index in [0.29, 0.717) is 16.7 Å². The Balaban J connectivity index is 1.42. The maximum Gasteiger partial charge on any atom is 0.230 e. The molecule has 1 fully saturated rings. The van der Waals surface area contributed by atoms with Crippen LogP contribution in [0.25, 0.3) is 4.96 Å². The Bertz CT molecular complexity index is 1160. The lowest BCUT2D eigenvalue weighted by molar-refractivity contribution is 0.150. The van der Waals surface area contributed by atoms with E-state index in [-0.39, 0.29) is 17.7 Å². The van der Waals surface area contributed by atoms with Gasteiger partial charge in [-0.2, -0.15) is 4.52 Å². The van der Waals surface area contributed by atoms with Crippen LogP contribution < -0.4 is 0 Å². The van der Waals surface area contributed by atoms with Gasteiger partial charge >= 0.3 is 0 Å². The van der Waals surface area contributed by atoms with Gasteiger partial charge in [0.25, 0.3) is 0 Å². The first-order chi connectivity index (χ1) is 15.1. The average molecular weight is 437 g/mol. The van der Waals surface area contributed by atoms with Gasteiger partial charge in [0.2, 0.25) is 10.8 Å². The van der Waals surface area contributed by atoms with Crippen molar-refractivity contribution in [1.82, 2.24) is 19.5 Å². The summed E-state index contributed by atoms with van der Waals surface area (Å²) in [5.74, 6) is 1.15. The zero-order chi connectivity index (χ0) is 21.4. The lowest BCUT2D eigenvalue weighted by atomic mass is 9.89. The van der Waals surface area contributed by atoms with Crippen molar-refractivity contribution in [1.29, 1.82) is 0 Å². The van der Waals surface area contributed by atoms with Gasteiger partial charge < -0.3 is 5.11 Å². The predicted octanol–water partition coefficient (Wildman–Crippen LogP) is 4.99. The van der Waals surface area contributed by atoms with E-state index in [4.69, 9.17) is 0 Å². The van der Waals surface area contributed by atoms with E-state index < -0.39 is 0 Å². The molecule has 0 unspecified atom stereocenters. The molecule has 3 heterocycles. The molecule has 0 radical (unpaired) electrons. The monoisotopic (exact) mass is 436 g/mol. The Labute approximate surface area is 184 Å². The molecule has 160 valence electrons. The minimum Gasteiger partial charge on any atom is -0.492 e. The molecule has 2 aromatic carbocycles. The molecule has 5 rings (SSSR count). The molecule has 1 saturated heterocycles. The van der Waals surface area contributed by atoms with Crippen LogP contribution in [0.4, 0.5) is 4.39 Å². The molecule has 0 aliphatic carbocycles. The van der Waals surface area contributed by atoms with E-state index in [0.717, 1.165) is 42.8 Å². The highest BCUT2D eigenvalue weighted by atomic mass is 32.1. The number of nitrogens with zero attached hydrogens (tertiary/aromatic N) is 4. The van der Waals surface area contributed by atoms with Crippen molar-refractivity contribution < 1.29 is 9.50 Å². The Morgan fingerprint density at radius 3 is 2.48 bits per heavy atom. The molecule has 4 aromatic rings. The van der Waals surface area contributed by atoms with Gasteiger partial charge in [0.05, 0.1) is 10.9 Å². The number of halogens is 1. The fourth-order valence-electron chi connectivity index (χ4n) is 4.56. The Morgan fingerprint density at radius 1 is 1.10 bits per heavy atom. The smallest absolute Gasteiger partial charge is 0.230 e. The van der Waals surface area contributed by atoms with Crippen LogP contribution in [-0.2, 0) is 6.42 Å². The molecule has 1 atom stereocenters. The van der Waals surface area contributed by atoms with Gasteiger partial charge in [0, 0.05) is 0 Å². The van der Waals surface area contributed by atoms with Crippen molar-refractivity contribution in [2.24, 2.45) is 5.92 Å². The summed E-state index contributed by atoms with van der Waals surface area (Å²) in [5.41, 5.74) is 2.36. The third-order valence-corrected chi connectivity index (χ3v) is 7.19. The second kappa shape index (κ2) is 8.40. The summed E-state index contributed by atoms with van der Waals surface area (Å²) >= 11 is 1.45. The van der Waals surface area contributed by atoms with E-state index in [1.807, 2.05) is 19.1 Å². The van der Waals surface area contributed by atoms with Crippen molar-refractivity contribution in [3.8, 4) is 5.88 Å². The van der Waals surface area contributed by atoms with Crippen LogP contribution in [0.5, 0.6) is 5.88 Å². The molecular weight excluding hydrogens is 411 g/mol. The number of rotatable bonds is 5. The van der Waals surface area contributed by atoms with Crippen LogP contribution >= 0.6 is 11.3 Å². The Morgan fingerprint density at radius 2 is 1.81 bits per heavy atom. The van der Waals surface area contributed by atoms with E-state index in [1.54, 1.807) is 0 Å². The van der Waals surface area contributed by atoms with Gasteiger partial charge in [-0.3, -0.25) is 4.90 Å². The van der Waals surface area contributed by atoms with Gasteiger partial charge in [-0.15, -0.1) is 5.10 Å². The van der Waals surface area contributed by atoms with Gasteiger partial charge in [-0.05, 0) is 68.5 Å². The molecule has 1 aliphatic heterocycles. The highest BCUT2D eigenvalue weighted by Crippen LogP contribution is 2.41. The molecule has 7 heteroatoms. The van der Waals surface area contributed by atoms with Crippen LogP contribution in [0.1, 0.15) is 40.7 Å². The first kappa shape index (κ1) is 20.2. The number of aromatic nitrogens is 3. The summed E-state index contributed by atoms with van der Waals surface area (Å²) in [6.45, 7) is 3.66. The third-order valence-electron chi connectivity index (χ3n) is 6.12. The highest BCUT2D eigenvalue weighted by Gasteiger charge is 2.32. The molecule has 0 saturated carbocycles. The molecule has 0 spiro atoms. The minimum absolute atomic E-state index is 0.126. The largest absolute Gasteiger partial charge is 0.492 e. The molecule has 0 amide bonds. The summed E-state index contributed by atoms with van der Waals surface area (Å²) in [5, 5.41) is 15.3. The molecule has 5 nitrogen and oxygen atoms in total. The van der Waals surface area contributed by atoms with Crippen molar-refractivity contribution in [2.45, 2.75) is 32.2 Å². The van der Waals surface area contributed by atoms with E-state index in [1.165, 1.54) is 33.5 Å². The van der Waals surface area contributed by atoms with Gasteiger partial charge in [0.1, 0.15) is 11.6 Å². The van der Waals surface area contributed by atoms with Crippen molar-refractivity contribution in [3.63, 3.8) is 0 Å². The van der Waals surface area contributed by atoms with E-state index >= 15 is 0 Å². The number of aromatic hydroxyl groups is 1. The summed E-state index contributed by atoms with van der Waals surface area (Å²) in [7, 11) is 0. The molecule has 1 N–H and O–H groups in total. The second-order valence-electron chi connectivity index (χ2n) is 8.27. The van der Waals surface area contributed by atoms with Crippen LogP contribution in [0, 0.1) is 18.7 Å². The number of thiazole rings is 1. The number of fused-ring (bicyclic) bond motifs is 1. The van der Waals surface area contributed by atoms with Gasteiger partial charge in [-0.1, -0.05) is 53.8 Å². The zero-order valence-electron chi connectivity index (χ0n) is 17.4. The van der Waals surface area contributed by atoms with E-state index in [9.17, 15) is 9.50 Å². The topological polar surface area (TPSA) is 53.7 Å². The van der Waals surface area contributed by atoms with Crippen molar-refractivity contribution in [3.05, 3.63) is 82.2 Å². The summed E-state index contributed by atoms with van der Waals surface area (Å²) in [6, 6.07) is 17.1. The quantitative estimate of drug-likeness (QED) is 0.479. The minimum atomic E-state index is -0.258. The van der Waals surface area contributed by atoms with Crippen molar-refractivity contribution in [2.75, 3.05) is 13.1 Å². The normalized spacial score (nSPS) is 16.7. The average Bonchev–Trinajstić information content (AvgIpc) is 3.29. The Hall–Kier alpha value is -2.77. The van der Waals surface area contributed by atoms with Crippen LogP contribution in [0.15, 0.2) is 54.6 Å². The first-order valence-corrected chi connectivity index (χ1v) is 11.5. The maximum absolute atomic E-state index is 13.6. The number of hydrogen-bond donors (Lipinski definition) is 1. The van der Waals surface area contributed by atoms with Crippen molar-refractivity contribution >= 4 is 16.3 Å².